The van der Waals surface area contributed by atoms with Crippen molar-refractivity contribution in [3.8, 4) is 11.5 Å². The number of hydrogen-bond donors (Lipinski definition) is 0. The van der Waals surface area contributed by atoms with Gasteiger partial charge in [-0.2, -0.15) is 0 Å². The van der Waals surface area contributed by atoms with Crippen LogP contribution in [0.15, 0.2) is 36.4 Å². The summed E-state index contributed by atoms with van der Waals surface area (Å²) in [5, 5.41) is 0.423. The molecule has 0 saturated carbocycles. The number of aryl methyl sites for hydroxylation is 1. The van der Waals surface area contributed by atoms with Crippen LogP contribution in [0.4, 0.5) is 0 Å². The van der Waals surface area contributed by atoms with Gasteiger partial charge < -0.3 is 9.47 Å². The van der Waals surface area contributed by atoms with Crippen LogP contribution >= 0.6 is 11.6 Å². The van der Waals surface area contributed by atoms with Gasteiger partial charge in [0.1, 0.15) is 11.5 Å². The first-order valence-electron chi connectivity index (χ1n) is 6.59. The second-order valence-corrected chi connectivity index (χ2v) is 5.21. The Balaban J connectivity index is 2.33. The summed E-state index contributed by atoms with van der Waals surface area (Å²) in [4.78, 5) is 23.9. The largest absolute Gasteiger partial charge is 0.497 e. The molecular weight excluding hydrogens is 304 g/mol. The molecule has 0 N–H and O–H groups in total. The highest BCUT2D eigenvalue weighted by Gasteiger charge is 2.17. The average molecular weight is 319 g/mol. The van der Waals surface area contributed by atoms with E-state index in [2.05, 4.69) is 0 Å². The van der Waals surface area contributed by atoms with Gasteiger partial charge >= 0.3 is 5.97 Å². The molecule has 0 aliphatic rings. The summed E-state index contributed by atoms with van der Waals surface area (Å²) in [6, 6.07) is 9.66. The number of methoxy groups -OCH3 is 1. The van der Waals surface area contributed by atoms with Gasteiger partial charge in [0.15, 0.2) is 5.78 Å². The van der Waals surface area contributed by atoms with E-state index in [0.717, 1.165) is 0 Å². The molecule has 0 atom stereocenters. The predicted molar refractivity (Wildman–Crippen MR) is 84.1 cm³/mol. The van der Waals surface area contributed by atoms with E-state index in [1.165, 1.54) is 13.0 Å². The summed E-state index contributed by atoms with van der Waals surface area (Å²) >= 11 is 5.95. The van der Waals surface area contributed by atoms with Crippen molar-refractivity contribution < 1.29 is 19.1 Å². The lowest BCUT2D eigenvalue weighted by molar-refractivity contribution is 0.0731. The molecule has 0 amide bonds. The van der Waals surface area contributed by atoms with Crippen molar-refractivity contribution in [3.05, 3.63) is 58.1 Å². The molecule has 0 radical (unpaired) electrons. The molecule has 0 aliphatic carbocycles. The Morgan fingerprint density at radius 2 is 1.73 bits per heavy atom. The summed E-state index contributed by atoms with van der Waals surface area (Å²) in [5.74, 6) is 0.111. The average Bonchev–Trinajstić information content (AvgIpc) is 2.49. The molecule has 22 heavy (non-hydrogen) atoms. The van der Waals surface area contributed by atoms with Crippen LogP contribution in [0.5, 0.6) is 11.5 Å². The fraction of sp³-hybridized carbons (Fsp3) is 0.176. The lowest BCUT2D eigenvalue weighted by Crippen LogP contribution is -2.12. The van der Waals surface area contributed by atoms with E-state index in [1.807, 2.05) is 0 Å². The Morgan fingerprint density at radius 3 is 2.27 bits per heavy atom. The van der Waals surface area contributed by atoms with Crippen molar-refractivity contribution in [2.75, 3.05) is 7.11 Å². The molecular formula is C17H15ClO4. The fourth-order valence-corrected chi connectivity index (χ4v) is 2.28. The Hall–Kier alpha value is -2.33. The molecule has 2 rings (SSSR count). The molecule has 5 heteroatoms. The highest BCUT2D eigenvalue weighted by atomic mass is 35.5. The van der Waals surface area contributed by atoms with E-state index < -0.39 is 5.97 Å². The third-order valence-corrected chi connectivity index (χ3v) is 3.36. The van der Waals surface area contributed by atoms with E-state index in [4.69, 9.17) is 21.1 Å². The molecule has 0 saturated heterocycles. The van der Waals surface area contributed by atoms with Crippen molar-refractivity contribution >= 4 is 23.4 Å². The Labute approximate surface area is 133 Å². The molecule has 2 aromatic carbocycles. The zero-order valence-corrected chi connectivity index (χ0v) is 13.2. The third-order valence-electron chi connectivity index (χ3n) is 3.14. The van der Waals surface area contributed by atoms with Crippen molar-refractivity contribution in [1.29, 1.82) is 0 Å². The fourth-order valence-electron chi connectivity index (χ4n) is 2.01. The number of hydrogen-bond acceptors (Lipinski definition) is 4. The van der Waals surface area contributed by atoms with Crippen molar-refractivity contribution in [2.45, 2.75) is 13.8 Å². The summed E-state index contributed by atoms with van der Waals surface area (Å²) in [6.07, 6.45) is 0. The van der Waals surface area contributed by atoms with Gasteiger partial charge in [0.2, 0.25) is 0 Å². The maximum atomic E-state index is 12.2. The minimum atomic E-state index is -0.546. The lowest BCUT2D eigenvalue weighted by atomic mass is 10.1. The summed E-state index contributed by atoms with van der Waals surface area (Å²) in [7, 11) is 1.55. The van der Waals surface area contributed by atoms with Crippen LogP contribution in [-0.4, -0.2) is 18.9 Å². The number of rotatable bonds is 4. The highest BCUT2D eigenvalue weighted by Crippen LogP contribution is 2.29. The number of ketones is 1. The SMILES string of the molecule is COc1ccc(C(=O)Oc2c(C)cc(Cl)cc2C(C)=O)cc1. The van der Waals surface area contributed by atoms with Gasteiger partial charge in [0, 0.05) is 5.02 Å². The molecule has 0 unspecified atom stereocenters. The second kappa shape index (κ2) is 6.62. The van der Waals surface area contributed by atoms with Crippen LogP contribution < -0.4 is 9.47 Å². The summed E-state index contributed by atoms with van der Waals surface area (Å²) in [6.45, 7) is 3.13. The van der Waals surface area contributed by atoms with Crippen LogP contribution in [0, 0.1) is 6.92 Å². The standard InChI is InChI=1S/C17H15ClO4/c1-10-8-13(18)9-15(11(2)19)16(10)22-17(20)12-4-6-14(21-3)7-5-12/h4-9H,1-3H3. The molecule has 0 aromatic heterocycles. The predicted octanol–water partition coefficient (Wildman–Crippen LogP) is 4.08. The van der Waals surface area contributed by atoms with Crippen LogP contribution in [0.25, 0.3) is 0 Å². The number of Topliss-reactive ketones (excluding diaryl/α,β-unsaturated/α-hetero) is 1. The monoisotopic (exact) mass is 318 g/mol. The third kappa shape index (κ3) is 3.46. The van der Waals surface area contributed by atoms with Gasteiger partial charge in [0.05, 0.1) is 18.2 Å². The Bertz CT molecular complexity index is 720. The Morgan fingerprint density at radius 1 is 1.09 bits per heavy atom. The van der Waals surface area contributed by atoms with Gasteiger partial charge in [-0.25, -0.2) is 4.79 Å². The summed E-state index contributed by atoms with van der Waals surface area (Å²) in [5.41, 5.74) is 1.27. The van der Waals surface area contributed by atoms with E-state index in [0.29, 0.717) is 21.9 Å². The van der Waals surface area contributed by atoms with E-state index in [9.17, 15) is 9.59 Å². The minimum Gasteiger partial charge on any atom is -0.497 e. The van der Waals surface area contributed by atoms with Gasteiger partial charge in [-0.05, 0) is 55.8 Å². The van der Waals surface area contributed by atoms with E-state index in [1.54, 1.807) is 44.4 Å². The maximum absolute atomic E-state index is 12.2. The number of esters is 1. The molecule has 0 heterocycles. The topological polar surface area (TPSA) is 52.6 Å². The van der Waals surface area contributed by atoms with Crippen LogP contribution in [-0.2, 0) is 0 Å². The molecule has 0 fully saturated rings. The number of benzene rings is 2. The number of halogens is 1. The first-order valence-corrected chi connectivity index (χ1v) is 6.97. The summed E-state index contributed by atoms with van der Waals surface area (Å²) < 4.78 is 10.4. The number of ether oxygens (including phenoxy) is 2. The van der Waals surface area contributed by atoms with Crippen molar-refractivity contribution in [2.24, 2.45) is 0 Å². The minimum absolute atomic E-state index is 0.219. The molecule has 114 valence electrons. The van der Waals surface area contributed by atoms with Crippen molar-refractivity contribution in [3.63, 3.8) is 0 Å². The van der Waals surface area contributed by atoms with Gasteiger partial charge in [-0.3, -0.25) is 4.79 Å². The number of carbonyl (C=O) groups is 2. The zero-order valence-electron chi connectivity index (χ0n) is 12.5. The Kier molecular flexibility index (Phi) is 4.83. The van der Waals surface area contributed by atoms with Gasteiger partial charge in [-0.15, -0.1) is 0 Å². The molecule has 0 aliphatic heterocycles. The van der Waals surface area contributed by atoms with Gasteiger partial charge in [-0.1, -0.05) is 11.6 Å². The quantitative estimate of drug-likeness (QED) is 0.484. The van der Waals surface area contributed by atoms with Crippen LogP contribution in [0.1, 0.15) is 33.2 Å². The van der Waals surface area contributed by atoms with Gasteiger partial charge in [0.25, 0.3) is 0 Å². The van der Waals surface area contributed by atoms with E-state index in [-0.39, 0.29) is 17.1 Å². The second-order valence-electron chi connectivity index (χ2n) is 4.77. The maximum Gasteiger partial charge on any atom is 0.343 e. The molecule has 2 aromatic rings. The van der Waals surface area contributed by atoms with Crippen LogP contribution in [0.2, 0.25) is 5.02 Å². The molecule has 0 bridgehead atoms. The zero-order chi connectivity index (χ0) is 16.3. The smallest absolute Gasteiger partial charge is 0.343 e. The molecule has 4 nitrogen and oxygen atoms in total. The first-order chi connectivity index (χ1) is 10.4. The lowest BCUT2D eigenvalue weighted by Gasteiger charge is -2.12. The first kappa shape index (κ1) is 16.0. The van der Waals surface area contributed by atoms with E-state index >= 15 is 0 Å². The highest BCUT2D eigenvalue weighted by molar-refractivity contribution is 6.31. The molecule has 0 spiro atoms. The normalized spacial score (nSPS) is 10.2. The van der Waals surface area contributed by atoms with Crippen molar-refractivity contribution in [1.82, 2.24) is 0 Å². The van der Waals surface area contributed by atoms with Crippen LogP contribution in [0.3, 0.4) is 0 Å². The number of carbonyl (C=O) groups excluding carboxylic acids is 2.